The number of hydrogen-bond donors (Lipinski definition) is 1. The molecule has 0 bridgehead atoms. The molecule has 1 aromatic rings. The Bertz CT molecular complexity index is 519. The molecule has 1 amide bonds. The quantitative estimate of drug-likeness (QED) is 0.783. The lowest BCUT2D eigenvalue weighted by molar-refractivity contribution is -0.117. The van der Waals surface area contributed by atoms with Crippen molar-refractivity contribution in [1.29, 1.82) is 0 Å². The van der Waals surface area contributed by atoms with Gasteiger partial charge in [-0.25, -0.2) is 0 Å². The van der Waals surface area contributed by atoms with E-state index in [9.17, 15) is 4.79 Å². The van der Waals surface area contributed by atoms with Crippen LogP contribution in [0.3, 0.4) is 0 Å². The van der Waals surface area contributed by atoms with E-state index in [0.717, 1.165) is 5.69 Å². The van der Waals surface area contributed by atoms with Gasteiger partial charge in [-0.2, -0.15) is 0 Å². The number of carbonyl (C=O) groups is 1. The van der Waals surface area contributed by atoms with Crippen molar-refractivity contribution < 1.29 is 4.79 Å². The zero-order chi connectivity index (χ0) is 17.7. The summed E-state index contributed by atoms with van der Waals surface area (Å²) in [7, 11) is 2.09. The number of amides is 1. The van der Waals surface area contributed by atoms with Gasteiger partial charge in [0.1, 0.15) is 0 Å². The molecular weight excluding hydrogens is 296 g/mol. The predicted octanol–water partition coefficient (Wildman–Crippen LogP) is 5.14. The Morgan fingerprint density at radius 2 is 1.62 bits per heavy atom. The molecular formula is C21H34N2O. The second kappa shape index (κ2) is 8.66. The maximum Gasteiger partial charge on any atom is 0.238 e. The number of rotatable bonds is 6. The first-order valence-electron chi connectivity index (χ1n) is 9.53. The van der Waals surface area contributed by atoms with Crippen LogP contribution in [-0.4, -0.2) is 30.4 Å². The summed E-state index contributed by atoms with van der Waals surface area (Å²) in [6, 6.07) is 6.94. The zero-order valence-corrected chi connectivity index (χ0v) is 16.1. The maximum absolute atomic E-state index is 12.7. The molecule has 134 valence electrons. The van der Waals surface area contributed by atoms with Crippen LogP contribution in [0, 0.1) is 0 Å². The fourth-order valence-corrected chi connectivity index (χ4v) is 3.75. The Hall–Kier alpha value is -1.35. The van der Waals surface area contributed by atoms with Gasteiger partial charge in [0.05, 0.1) is 6.54 Å². The molecule has 24 heavy (non-hydrogen) atoms. The monoisotopic (exact) mass is 330 g/mol. The molecule has 0 spiro atoms. The highest BCUT2D eigenvalue weighted by molar-refractivity contribution is 5.94. The van der Waals surface area contributed by atoms with Crippen molar-refractivity contribution >= 4 is 11.6 Å². The van der Waals surface area contributed by atoms with E-state index in [1.807, 2.05) is 0 Å². The van der Waals surface area contributed by atoms with E-state index in [4.69, 9.17) is 0 Å². The van der Waals surface area contributed by atoms with Gasteiger partial charge in [-0.15, -0.1) is 0 Å². The minimum atomic E-state index is 0.109. The first-order chi connectivity index (χ1) is 11.4. The molecule has 1 saturated carbocycles. The number of likely N-dealkylation sites (N-methyl/N-ethyl adjacent to an activating group) is 1. The van der Waals surface area contributed by atoms with Gasteiger partial charge in [-0.05, 0) is 42.9 Å². The van der Waals surface area contributed by atoms with E-state index in [-0.39, 0.29) is 5.91 Å². The molecule has 2 rings (SSSR count). The summed E-state index contributed by atoms with van der Waals surface area (Å²) >= 11 is 0. The fraction of sp³-hybridized carbons (Fsp3) is 0.667. The second-order valence-electron chi connectivity index (χ2n) is 7.88. The van der Waals surface area contributed by atoms with E-state index in [2.05, 4.69) is 63.2 Å². The van der Waals surface area contributed by atoms with Crippen LogP contribution in [0.15, 0.2) is 18.2 Å². The molecule has 1 aromatic carbocycles. The number of carbonyl (C=O) groups excluding carboxylic acids is 1. The summed E-state index contributed by atoms with van der Waals surface area (Å²) in [6.07, 6.45) is 6.39. The minimum absolute atomic E-state index is 0.109. The molecule has 0 heterocycles. The van der Waals surface area contributed by atoms with Gasteiger partial charge in [0.15, 0.2) is 0 Å². The van der Waals surface area contributed by atoms with Crippen LogP contribution in [0.25, 0.3) is 0 Å². The van der Waals surface area contributed by atoms with Crippen molar-refractivity contribution in [3.05, 3.63) is 29.3 Å². The van der Waals surface area contributed by atoms with Crippen LogP contribution in [0.5, 0.6) is 0 Å². The number of benzene rings is 1. The Kier molecular flexibility index (Phi) is 6.85. The van der Waals surface area contributed by atoms with Gasteiger partial charge in [0.25, 0.3) is 0 Å². The average molecular weight is 331 g/mol. The number of anilines is 1. The lowest BCUT2D eigenvalue weighted by Crippen LogP contribution is -2.39. The van der Waals surface area contributed by atoms with Crippen LogP contribution in [0.2, 0.25) is 0 Å². The number of hydrogen-bond acceptors (Lipinski definition) is 2. The van der Waals surface area contributed by atoms with Crippen molar-refractivity contribution in [3.63, 3.8) is 0 Å². The fourth-order valence-electron chi connectivity index (χ4n) is 3.75. The molecule has 0 saturated heterocycles. The van der Waals surface area contributed by atoms with E-state index in [1.54, 1.807) is 0 Å². The molecule has 1 aliphatic rings. The van der Waals surface area contributed by atoms with Crippen LogP contribution in [0.1, 0.15) is 82.8 Å². The average Bonchev–Trinajstić information content (AvgIpc) is 2.55. The van der Waals surface area contributed by atoms with E-state index < -0.39 is 0 Å². The van der Waals surface area contributed by atoms with Crippen molar-refractivity contribution in [2.45, 2.75) is 77.7 Å². The summed E-state index contributed by atoms with van der Waals surface area (Å²) < 4.78 is 0. The van der Waals surface area contributed by atoms with Crippen molar-refractivity contribution in [2.24, 2.45) is 0 Å². The molecule has 0 unspecified atom stereocenters. The number of nitrogens with zero attached hydrogens (tertiary/aromatic N) is 1. The molecule has 0 radical (unpaired) electrons. The van der Waals surface area contributed by atoms with Gasteiger partial charge < -0.3 is 5.32 Å². The van der Waals surface area contributed by atoms with Gasteiger partial charge >= 0.3 is 0 Å². The minimum Gasteiger partial charge on any atom is -0.324 e. The molecule has 1 fully saturated rings. The van der Waals surface area contributed by atoms with Gasteiger partial charge in [-0.1, -0.05) is 65.2 Å². The van der Waals surface area contributed by atoms with E-state index in [1.165, 1.54) is 43.2 Å². The van der Waals surface area contributed by atoms with Crippen LogP contribution >= 0.6 is 0 Å². The summed E-state index contributed by atoms with van der Waals surface area (Å²) in [5, 5.41) is 3.23. The zero-order valence-electron chi connectivity index (χ0n) is 16.1. The van der Waals surface area contributed by atoms with Crippen LogP contribution in [-0.2, 0) is 4.79 Å². The summed E-state index contributed by atoms with van der Waals surface area (Å²) in [5.74, 6) is 0.906. The highest BCUT2D eigenvalue weighted by Crippen LogP contribution is 2.32. The largest absolute Gasteiger partial charge is 0.324 e. The first-order valence-corrected chi connectivity index (χ1v) is 9.53. The van der Waals surface area contributed by atoms with Gasteiger partial charge in [0, 0.05) is 11.7 Å². The Morgan fingerprint density at radius 3 is 2.12 bits per heavy atom. The SMILES string of the molecule is CC(C)c1cccc(C(C)C)c1NC(=O)CN(C)C1CCCCC1. The topological polar surface area (TPSA) is 32.3 Å². The van der Waals surface area contributed by atoms with Crippen molar-refractivity contribution in [1.82, 2.24) is 4.90 Å². The third-order valence-corrected chi connectivity index (χ3v) is 5.23. The van der Waals surface area contributed by atoms with E-state index >= 15 is 0 Å². The molecule has 1 N–H and O–H groups in total. The Labute approximate surface area is 147 Å². The molecule has 0 aliphatic heterocycles. The normalized spacial score (nSPS) is 16.2. The highest BCUT2D eigenvalue weighted by Gasteiger charge is 2.21. The maximum atomic E-state index is 12.7. The molecule has 3 heteroatoms. The lowest BCUT2D eigenvalue weighted by Gasteiger charge is -2.31. The third-order valence-electron chi connectivity index (χ3n) is 5.23. The van der Waals surface area contributed by atoms with Gasteiger partial charge in [-0.3, -0.25) is 9.69 Å². The lowest BCUT2D eigenvalue weighted by atomic mass is 9.92. The number of nitrogens with one attached hydrogen (secondary N) is 1. The van der Waals surface area contributed by atoms with Crippen LogP contribution in [0.4, 0.5) is 5.69 Å². The Morgan fingerprint density at radius 1 is 1.08 bits per heavy atom. The molecule has 3 nitrogen and oxygen atoms in total. The predicted molar refractivity (Wildman–Crippen MR) is 103 cm³/mol. The summed E-state index contributed by atoms with van der Waals surface area (Å²) in [6.45, 7) is 9.22. The standard InChI is InChI=1S/C21H34N2O/c1-15(2)18-12-9-13-19(16(3)4)21(18)22-20(24)14-23(5)17-10-7-6-8-11-17/h9,12-13,15-17H,6-8,10-11,14H2,1-5H3,(H,22,24). The number of para-hydroxylation sites is 1. The Balaban J connectivity index is 2.10. The highest BCUT2D eigenvalue weighted by atomic mass is 16.2. The van der Waals surface area contributed by atoms with Gasteiger partial charge in [0.2, 0.25) is 5.91 Å². The van der Waals surface area contributed by atoms with Crippen LogP contribution < -0.4 is 5.32 Å². The summed E-state index contributed by atoms with van der Waals surface area (Å²) in [4.78, 5) is 14.9. The molecule has 0 aromatic heterocycles. The second-order valence-corrected chi connectivity index (χ2v) is 7.88. The van der Waals surface area contributed by atoms with Crippen molar-refractivity contribution in [2.75, 3.05) is 18.9 Å². The molecule has 0 atom stereocenters. The van der Waals surface area contributed by atoms with Crippen molar-refractivity contribution in [3.8, 4) is 0 Å². The third kappa shape index (κ3) is 4.83. The van der Waals surface area contributed by atoms with E-state index in [0.29, 0.717) is 24.4 Å². The smallest absolute Gasteiger partial charge is 0.238 e. The summed E-state index contributed by atoms with van der Waals surface area (Å²) in [5.41, 5.74) is 3.49. The first kappa shape index (κ1) is 19.0. The molecule has 1 aliphatic carbocycles.